The van der Waals surface area contributed by atoms with Crippen molar-refractivity contribution < 1.29 is 29.0 Å². The van der Waals surface area contributed by atoms with Crippen LogP contribution in [-0.2, 0) is 14.2 Å². The van der Waals surface area contributed by atoms with Crippen LogP contribution in [0.1, 0.15) is 19.8 Å². The smallest absolute Gasteiger partial charge is 0.344 e. The third-order valence-electron chi connectivity index (χ3n) is 1.84. The van der Waals surface area contributed by atoms with Crippen molar-refractivity contribution in [3.63, 3.8) is 0 Å². The second-order valence-electron chi connectivity index (χ2n) is 3.54. The molecule has 0 saturated carbocycles. The fraction of sp³-hybridized carbons (Fsp3) is 0.750. The Kier molecular flexibility index (Phi) is 6.77. The van der Waals surface area contributed by atoms with Crippen LogP contribution < -0.4 is 0 Å². The van der Waals surface area contributed by atoms with E-state index in [0.717, 1.165) is 0 Å². The molecule has 100 valence electrons. The fourth-order valence-electron chi connectivity index (χ4n) is 1.19. The van der Waals surface area contributed by atoms with Crippen molar-refractivity contribution in [2.24, 2.45) is 0 Å². The lowest BCUT2D eigenvalue weighted by atomic mass is 10.2. The van der Waals surface area contributed by atoms with E-state index in [-0.39, 0.29) is 0 Å². The Morgan fingerprint density at radius 2 is 1.94 bits per heavy atom. The van der Waals surface area contributed by atoms with Crippen molar-refractivity contribution in [2.45, 2.75) is 25.0 Å². The standard InChI is InChI=1S/C8H16NO6PS/c1-2-3-6(17)8(12)9(4-7(10)11)5-16(13,14)15/h6,17H,2-5H2,1H3,(H,10,11)(H2,13,14,15). The van der Waals surface area contributed by atoms with Crippen LogP contribution in [0.5, 0.6) is 0 Å². The first-order valence-corrected chi connectivity index (χ1v) is 7.22. The number of nitrogens with zero attached hydrogens (tertiary/aromatic N) is 1. The van der Waals surface area contributed by atoms with Crippen molar-refractivity contribution in [1.82, 2.24) is 4.90 Å². The Bertz CT molecular complexity index is 330. The van der Waals surface area contributed by atoms with Crippen LogP contribution in [0.15, 0.2) is 0 Å². The number of aliphatic carboxylic acids is 1. The maximum Gasteiger partial charge on any atom is 0.344 e. The molecule has 0 aliphatic carbocycles. The second kappa shape index (κ2) is 7.00. The molecule has 1 atom stereocenters. The summed E-state index contributed by atoms with van der Waals surface area (Å²) in [5.41, 5.74) is 0. The molecule has 0 aromatic rings. The quantitative estimate of drug-likeness (QED) is 0.390. The molecule has 0 aliphatic heterocycles. The number of amides is 1. The molecule has 9 heteroatoms. The van der Waals surface area contributed by atoms with Gasteiger partial charge in [-0.1, -0.05) is 13.3 Å². The Balaban J connectivity index is 4.73. The summed E-state index contributed by atoms with van der Waals surface area (Å²) in [7, 11) is -4.48. The van der Waals surface area contributed by atoms with Crippen molar-refractivity contribution in [3.8, 4) is 0 Å². The number of carbonyl (C=O) groups excluding carboxylic acids is 1. The van der Waals surface area contributed by atoms with Gasteiger partial charge in [0.25, 0.3) is 0 Å². The van der Waals surface area contributed by atoms with Crippen LogP contribution in [0.4, 0.5) is 0 Å². The topological polar surface area (TPSA) is 115 Å². The molecule has 0 fully saturated rings. The van der Waals surface area contributed by atoms with Gasteiger partial charge in [0.05, 0.1) is 5.25 Å². The Labute approximate surface area is 104 Å². The van der Waals surface area contributed by atoms with Gasteiger partial charge in [0.1, 0.15) is 12.8 Å². The summed E-state index contributed by atoms with van der Waals surface area (Å²) in [6, 6.07) is 0. The van der Waals surface area contributed by atoms with Gasteiger partial charge >= 0.3 is 13.6 Å². The van der Waals surface area contributed by atoms with E-state index in [1.54, 1.807) is 0 Å². The molecule has 1 unspecified atom stereocenters. The first kappa shape index (κ1) is 16.4. The van der Waals surface area contributed by atoms with Crippen molar-refractivity contribution in [2.75, 3.05) is 12.8 Å². The number of carboxylic acid groups (broad SMARTS) is 1. The molecule has 0 rings (SSSR count). The molecular formula is C8H16NO6PS. The van der Waals surface area contributed by atoms with Gasteiger partial charge in [-0.05, 0) is 6.42 Å². The number of carboxylic acids is 1. The van der Waals surface area contributed by atoms with E-state index < -0.39 is 37.6 Å². The highest BCUT2D eigenvalue weighted by molar-refractivity contribution is 7.81. The van der Waals surface area contributed by atoms with Crippen LogP contribution in [0.2, 0.25) is 0 Å². The largest absolute Gasteiger partial charge is 0.480 e. The molecule has 0 aliphatic rings. The predicted molar refractivity (Wildman–Crippen MR) is 63.9 cm³/mol. The number of hydrogen-bond acceptors (Lipinski definition) is 4. The van der Waals surface area contributed by atoms with Crippen molar-refractivity contribution in [1.29, 1.82) is 0 Å². The van der Waals surface area contributed by atoms with Gasteiger partial charge in [0.15, 0.2) is 0 Å². The summed E-state index contributed by atoms with van der Waals surface area (Å²) >= 11 is 3.98. The minimum atomic E-state index is -4.48. The molecule has 0 heterocycles. The van der Waals surface area contributed by atoms with E-state index in [0.29, 0.717) is 17.7 Å². The molecule has 0 bridgehead atoms. The van der Waals surface area contributed by atoms with Crippen LogP contribution in [-0.4, -0.2) is 49.8 Å². The van der Waals surface area contributed by atoms with Gasteiger partial charge in [-0.25, -0.2) is 0 Å². The van der Waals surface area contributed by atoms with Crippen LogP contribution in [0.25, 0.3) is 0 Å². The van der Waals surface area contributed by atoms with Crippen LogP contribution >= 0.6 is 20.2 Å². The number of rotatable bonds is 7. The Morgan fingerprint density at radius 1 is 1.41 bits per heavy atom. The van der Waals surface area contributed by atoms with Gasteiger partial charge < -0.3 is 19.8 Å². The maximum atomic E-state index is 11.7. The normalized spacial score (nSPS) is 13.2. The molecular weight excluding hydrogens is 269 g/mol. The van der Waals surface area contributed by atoms with Crippen molar-refractivity contribution in [3.05, 3.63) is 0 Å². The third kappa shape index (κ3) is 7.38. The molecule has 0 spiro atoms. The molecule has 7 nitrogen and oxygen atoms in total. The number of thiol groups is 1. The zero-order valence-electron chi connectivity index (χ0n) is 9.31. The molecule has 0 saturated heterocycles. The first-order valence-electron chi connectivity index (χ1n) is 4.90. The average Bonchev–Trinajstić information content (AvgIpc) is 2.13. The van der Waals surface area contributed by atoms with Crippen LogP contribution in [0.3, 0.4) is 0 Å². The van der Waals surface area contributed by atoms with E-state index in [9.17, 15) is 14.2 Å². The average molecular weight is 285 g/mol. The lowest BCUT2D eigenvalue weighted by molar-refractivity contribution is -0.143. The highest BCUT2D eigenvalue weighted by Gasteiger charge is 2.28. The van der Waals surface area contributed by atoms with E-state index in [4.69, 9.17) is 14.9 Å². The number of hydrogen-bond donors (Lipinski definition) is 4. The fourth-order valence-corrected chi connectivity index (χ4v) is 2.30. The molecule has 0 aromatic carbocycles. The van der Waals surface area contributed by atoms with E-state index in [1.165, 1.54) is 0 Å². The summed E-state index contributed by atoms with van der Waals surface area (Å²) in [6.07, 6.45) is 0.175. The predicted octanol–water partition coefficient (Wildman–Crippen LogP) is 0.133. The van der Waals surface area contributed by atoms with Gasteiger partial charge in [-0.3, -0.25) is 14.2 Å². The van der Waals surface area contributed by atoms with Crippen LogP contribution in [0, 0.1) is 0 Å². The summed E-state index contributed by atoms with van der Waals surface area (Å²) in [5, 5.41) is 7.82. The monoisotopic (exact) mass is 285 g/mol. The summed E-state index contributed by atoms with van der Waals surface area (Å²) in [5.74, 6) is -2.01. The summed E-state index contributed by atoms with van der Waals surface area (Å²) in [6.45, 7) is 1.08. The molecule has 17 heavy (non-hydrogen) atoms. The SMILES string of the molecule is CCCC(S)C(=O)N(CC(=O)O)CP(=O)(O)O. The molecule has 3 N–H and O–H groups in total. The zero-order chi connectivity index (χ0) is 13.6. The van der Waals surface area contributed by atoms with E-state index >= 15 is 0 Å². The third-order valence-corrected chi connectivity index (χ3v) is 3.03. The maximum absolute atomic E-state index is 11.7. The van der Waals surface area contributed by atoms with Gasteiger partial charge in [-0.2, -0.15) is 12.6 Å². The summed E-state index contributed by atoms with van der Waals surface area (Å²) < 4.78 is 10.8. The minimum Gasteiger partial charge on any atom is -0.480 e. The molecule has 1 amide bonds. The van der Waals surface area contributed by atoms with Gasteiger partial charge in [0, 0.05) is 0 Å². The van der Waals surface area contributed by atoms with E-state index in [1.807, 2.05) is 6.92 Å². The molecule has 0 aromatic heterocycles. The summed E-state index contributed by atoms with van der Waals surface area (Å²) in [4.78, 5) is 40.3. The lowest BCUT2D eigenvalue weighted by Gasteiger charge is -2.23. The molecule has 0 radical (unpaired) electrons. The first-order chi connectivity index (χ1) is 7.67. The van der Waals surface area contributed by atoms with Gasteiger partial charge in [-0.15, -0.1) is 0 Å². The van der Waals surface area contributed by atoms with Gasteiger partial charge in [0.2, 0.25) is 5.91 Å². The zero-order valence-corrected chi connectivity index (χ0v) is 11.1. The lowest BCUT2D eigenvalue weighted by Crippen LogP contribution is -2.40. The highest BCUT2D eigenvalue weighted by Crippen LogP contribution is 2.35. The second-order valence-corrected chi connectivity index (χ2v) is 5.78. The van der Waals surface area contributed by atoms with Crippen molar-refractivity contribution >= 4 is 32.1 Å². The Morgan fingerprint density at radius 3 is 2.29 bits per heavy atom. The van der Waals surface area contributed by atoms with E-state index in [2.05, 4.69) is 12.6 Å². The number of carbonyl (C=O) groups is 2. The highest BCUT2D eigenvalue weighted by atomic mass is 32.1. The minimum absolute atomic E-state index is 0.416. The Hall–Kier alpha value is -0.560.